The molecule has 0 saturated carbocycles. The summed E-state index contributed by atoms with van der Waals surface area (Å²) >= 11 is 0. The Balaban J connectivity index is 1.68. The summed E-state index contributed by atoms with van der Waals surface area (Å²) in [5.41, 5.74) is 3.85. The van der Waals surface area contributed by atoms with E-state index in [-0.39, 0.29) is 28.9 Å². The van der Waals surface area contributed by atoms with Crippen molar-refractivity contribution in [1.82, 2.24) is 4.90 Å². The molecule has 2 aromatic carbocycles. The van der Waals surface area contributed by atoms with Gasteiger partial charge in [0.05, 0.1) is 22.1 Å². The van der Waals surface area contributed by atoms with E-state index in [9.17, 15) is 18.0 Å². The number of nitrogens with zero attached hydrogens (tertiary/aromatic N) is 1. The van der Waals surface area contributed by atoms with Crippen LogP contribution in [0.4, 0.5) is 0 Å². The maximum Gasteiger partial charge on any atom is 0.261 e. The molecule has 2 aromatic rings. The zero-order valence-electron chi connectivity index (χ0n) is 17.3. The minimum atomic E-state index is -3.11. The van der Waals surface area contributed by atoms with Crippen LogP contribution in [0.5, 0.6) is 0 Å². The highest BCUT2D eigenvalue weighted by atomic mass is 32.2. The fourth-order valence-electron chi connectivity index (χ4n) is 3.42. The summed E-state index contributed by atoms with van der Waals surface area (Å²) in [6, 6.07) is 12.9. The lowest BCUT2D eigenvalue weighted by atomic mass is 10.00. The van der Waals surface area contributed by atoms with E-state index in [2.05, 4.69) is 0 Å². The molecule has 6 heteroatoms. The predicted molar refractivity (Wildman–Crippen MR) is 114 cm³/mol. The largest absolute Gasteiger partial charge is 0.272 e. The van der Waals surface area contributed by atoms with E-state index < -0.39 is 9.84 Å². The molecule has 1 heterocycles. The second-order valence-corrected chi connectivity index (χ2v) is 10.7. The summed E-state index contributed by atoms with van der Waals surface area (Å²) in [6.45, 7) is 7.05. The molecule has 0 unspecified atom stereocenters. The van der Waals surface area contributed by atoms with Gasteiger partial charge in [0, 0.05) is 6.04 Å². The Kier molecular flexibility index (Phi) is 5.94. The molecule has 0 aliphatic carbocycles. The summed E-state index contributed by atoms with van der Waals surface area (Å²) in [5.74, 6) is -0.394. The van der Waals surface area contributed by atoms with Gasteiger partial charge in [-0.1, -0.05) is 30.3 Å². The van der Waals surface area contributed by atoms with Gasteiger partial charge in [-0.05, 0) is 69.4 Å². The second-order valence-electron chi connectivity index (χ2n) is 8.13. The average molecular weight is 414 g/mol. The summed E-state index contributed by atoms with van der Waals surface area (Å²) in [7, 11) is -3.11. The summed E-state index contributed by atoms with van der Waals surface area (Å²) in [4.78, 5) is 26.2. The molecule has 0 fully saturated rings. The molecular weight excluding hydrogens is 386 g/mol. The highest BCUT2D eigenvalue weighted by molar-refractivity contribution is 7.91. The molecule has 0 atom stereocenters. The lowest BCUT2D eigenvalue weighted by Gasteiger charge is -2.17. The molecule has 0 saturated heterocycles. The number of sulfone groups is 1. The molecule has 0 N–H and O–H groups in total. The smallest absolute Gasteiger partial charge is 0.261 e. The Morgan fingerprint density at radius 3 is 1.86 bits per heavy atom. The molecule has 5 nitrogen and oxygen atoms in total. The summed E-state index contributed by atoms with van der Waals surface area (Å²) in [5, 5.41) is -0.386. The molecule has 0 spiro atoms. The Bertz CT molecular complexity index is 1040. The van der Waals surface area contributed by atoms with Gasteiger partial charge in [0.15, 0.2) is 9.84 Å². The van der Waals surface area contributed by atoms with Gasteiger partial charge in [-0.15, -0.1) is 0 Å². The van der Waals surface area contributed by atoms with Crippen LogP contribution in [0.1, 0.15) is 65.1 Å². The zero-order valence-corrected chi connectivity index (χ0v) is 18.1. The van der Waals surface area contributed by atoms with Gasteiger partial charge in [-0.3, -0.25) is 14.5 Å². The lowest BCUT2D eigenvalue weighted by Crippen LogP contribution is -2.35. The van der Waals surface area contributed by atoms with Gasteiger partial charge in [0.25, 0.3) is 11.8 Å². The molecule has 0 radical (unpaired) electrons. The first-order chi connectivity index (χ1) is 13.6. The topological polar surface area (TPSA) is 71.5 Å². The van der Waals surface area contributed by atoms with E-state index >= 15 is 0 Å². The molecule has 29 heavy (non-hydrogen) atoms. The van der Waals surface area contributed by atoms with E-state index in [0.717, 1.165) is 29.5 Å². The highest BCUT2D eigenvalue weighted by Gasteiger charge is 2.37. The SMILES string of the molecule is CC(C)N1C(=O)c2ccc(CCc3ccc(CS(=O)(=O)C(C)C)cc3)cc2C1=O. The number of hydrogen-bond acceptors (Lipinski definition) is 4. The van der Waals surface area contributed by atoms with Crippen molar-refractivity contribution in [2.24, 2.45) is 0 Å². The summed E-state index contributed by atoms with van der Waals surface area (Å²) in [6.07, 6.45) is 1.51. The van der Waals surface area contributed by atoms with Gasteiger partial charge in [0.2, 0.25) is 0 Å². The van der Waals surface area contributed by atoms with Crippen LogP contribution in [0.25, 0.3) is 0 Å². The van der Waals surface area contributed by atoms with Crippen LogP contribution in [0.3, 0.4) is 0 Å². The van der Waals surface area contributed by atoms with Gasteiger partial charge in [-0.2, -0.15) is 0 Å². The second kappa shape index (κ2) is 8.11. The quantitative estimate of drug-likeness (QED) is 0.647. The molecule has 0 aromatic heterocycles. The average Bonchev–Trinajstić information content (AvgIpc) is 2.91. The van der Waals surface area contributed by atoms with Crippen molar-refractivity contribution >= 4 is 21.7 Å². The maximum atomic E-state index is 12.5. The van der Waals surface area contributed by atoms with E-state index in [0.29, 0.717) is 11.1 Å². The highest BCUT2D eigenvalue weighted by Crippen LogP contribution is 2.26. The molecule has 1 aliphatic heterocycles. The first kappa shape index (κ1) is 21.2. The monoisotopic (exact) mass is 413 g/mol. The van der Waals surface area contributed by atoms with Crippen LogP contribution < -0.4 is 0 Å². The first-order valence-corrected chi connectivity index (χ1v) is 11.6. The molecular formula is C23H27NO4S. The third kappa shape index (κ3) is 4.42. The number of imide groups is 1. The zero-order chi connectivity index (χ0) is 21.3. The third-order valence-corrected chi connectivity index (χ3v) is 7.48. The van der Waals surface area contributed by atoms with Crippen molar-refractivity contribution in [1.29, 1.82) is 0 Å². The van der Waals surface area contributed by atoms with E-state index in [1.807, 2.05) is 50.2 Å². The Hall–Kier alpha value is -2.47. The number of carbonyl (C=O) groups excluding carboxylic acids is 2. The van der Waals surface area contributed by atoms with E-state index in [1.54, 1.807) is 19.9 Å². The number of carbonyl (C=O) groups is 2. The minimum absolute atomic E-state index is 0.0538. The van der Waals surface area contributed by atoms with Crippen LogP contribution in [0, 0.1) is 0 Å². The third-order valence-electron chi connectivity index (χ3n) is 5.31. The molecule has 154 valence electrons. The van der Waals surface area contributed by atoms with Crippen LogP contribution in [-0.2, 0) is 28.4 Å². The number of aryl methyl sites for hydroxylation is 2. The number of benzene rings is 2. The van der Waals surface area contributed by atoms with Crippen molar-refractivity contribution in [3.63, 3.8) is 0 Å². The number of fused-ring (bicyclic) bond motifs is 1. The normalized spacial score (nSPS) is 14.2. The van der Waals surface area contributed by atoms with Crippen molar-refractivity contribution < 1.29 is 18.0 Å². The Morgan fingerprint density at radius 2 is 1.28 bits per heavy atom. The van der Waals surface area contributed by atoms with Crippen molar-refractivity contribution in [2.75, 3.05) is 0 Å². The van der Waals surface area contributed by atoms with Crippen molar-refractivity contribution in [3.05, 3.63) is 70.3 Å². The fourth-order valence-corrected chi connectivity index (χ4v) is 4.41. The molecule has 3 rings (SSSR count). The lowest BCUT2D eigenvalue weighted by molar-refractivity contribution is 0.0609. The molecule has 2 amide bonds. The number of rotatable bonds is 7. The maximum absolute atomic E-state index is 12.5. The van der Waals surface area contributed by atoms with E-state index in [4.69, 9.17) is 0 Å². The van der Waals surface area contributed by atoms with Gasteiger partial charge >= 0.3 is 0 Å². The Morgan fingerprint density at radius 1 is 0.759 bits per heavy atom. The van der Waals surface area contributed by atoms with E-state index in [1.165, 1.54) is 4.90 Å². The van der Waals surface area contributed by atoms with Crippen LogP contribution in [0.2, 0.25) is 0 Å². The van der Waals surface area contributed by atoms with Gasteiger partial charge in [0.1, 0.15) is 0 Å². The van der Waals surface area contributed by atoms with Gasteiger partial charge in [-0.25, -0.2) is 8.42 Å². The number of hydrogen-bond donors (Lipinski definition) is 0. The predicted octanol–water partition coefficient (Wildman–Crippen LogP) is 3.80. The van der Waals surface area contributed by atoms with Crippen LogP contribution in [-0.4, -0.2) is 36.4 Å². The number of amides is 2. The van der Waals surface area contributed by atoms with Crippen LogP contribution in [0.15, 0.2) is 42.5 Å². The summed E-state index contributed by atoms with van der Waals surface area (Å²) < 4.78 is 24.1. The minimum Gasteiger partial charge on any atom is -0.272 e. The fraction of sp³-hybridized carbons (Fsp3) is 0.391. The standard InChI is InChI=1S/C23H27NO4S/c1-15(2)24-22(25)20-12-11-18(13-21(20)23(24)26)8-5-17-6-9-19(10-7-17)14-29(27,28)16(3)4/h6-7,9-13,15-16H,5,8,14H2,1-4H3. The van der Waals surface area contributed by atoms with Gasteiger partial charge < -0.3 is 0 Å². The van der Waals surface area contributed by atoms with Crippen molar-refractivity contribution in [2.45, 2.75) is 57.6 Å². The van der Waals surface area contributed by atoms with Crippen LogP contribution >= 0.6 is 0 Å². The first-order valence-electron chi connectivity index (χ1n) is 9.90. The molecule has 0 bridgehead atoms. The molecule has 1 aliphatic rings. The Labute approximate surface area is 172 Å². The van der Waals surface area contributed by atoms with Crippen molar-refractivity contribution in [3.8, 4) is 0 Å².